The molecule has 28 heavy (non-hydrogen) atoms. The highest BCUT2D eigenvalue weighted by Gasteiger charge is 2.25. The monoisotopic (exact) mass is 384 g/mol. The van der Waals surface area contributed by atoms with Crippen LogP contribution in [0.25, 0.3) is 0 Å². The second kappa shape index (κ2) is 9.68. The van der Waals surface area contributed by atoms with Crippen LogP contribution in [0.1, 0.15) is 13.3 Å². The first-order valence-corrected chi connectivity index (χ1v) is 9.35. The molecular formula is C20H24N4O4. The molecule has 1 amide bonds. The Bertz CT molecular complexity index is 764. The van der Waals surface area contributed by atoms with Crippen molar-refractivity contribution in [3.63, 3.8) is 0 Å². The van der Waals surface area contributed by atoms with Crippen LogP contribution in [0.15, 0.2) is 48.8 Å². The van der Waals surface area contributed by atoms with Gasteiger partial charge in [0.15, 0.2) is 12.7 Å². The number of rotatable bonds is 7. The number of anilines is 1. The number of aromatic nitrogens is 2. The fourth-order valence-corrected chi connectivity index (χ4v) is 2.89. The SMILES string of the molecule is CC[C@H](Oc1ccccc1)C(=O)OCC(=O)N1CCN(c2ncccn2)CC1. The zero-order valence-corrected chi connectivity index (χ0v) is 15.9. The van der Waals surface area contributed by atoms with E-state index in [1.807, 2.05) is 30.0 Å². The van der Waals surface area contributed by atoms with Gasteiger partial charge >= 0.3 is 5.97 Å². The van der Waals surface area contributed by atoms with Crippen molar-refractivity contribution in [3.8, 4) is 5.75 Å². The van der Waals surface area contributed by atoms with Gasteiger partial charge in [-0.25, -0.2) is 14.8 Å². The van der Waals surface area contributed by atoms with E-state index in [0.717, 1.165) is 0 Å². The van der Waals surface area contributed by atoms with E-state index in [9.17, 15) is 9.59 Å². The zero-order valence-electron chi connectivity index (χ0n) is 15.9. The average Bonchev–Trinajstić information content (AvgIpc) is 2.77. The highest BCUT2D eigenvalue weighted by atomic mass is 16.6. The third-order valence-electron chi connectivity index (χ3n) is 4.46. The summed E-state index contributed by atoms with van der Waals surface area (Å²) in [4.78, 5) is 36.8. The summed E-state index contributed by atoms with van der Waals surface area (Å²) in [6, 6.07) is 10.8. The minimum Gasteiger partial charge on any atom is -0.479 e. The van der Waals surface area contributed by atoms with Crippen molar-refractivity contribution in [2.45, 2.75) is 19.4 Å². The highest BCUT2D eigenvalue weighted by Crippen LogP contribution is 2.14. The second-order valence-electron chi connectivity index (χ2n) is 6.35. The number of hydrogen-bond donors (Lipinski definition) is 0. The number of amides is 1. The molecule has 1 aliphatic heterocycles. The number of carbonyl (C=O) groups is 2. The number of nitrogens with zero attached hydrogens (tertiary/aromatic N) is 4. The van der Waals surface area contributed by atoms with Crippen LogP contribution in [0, 0.1) is 0 Å². The minimum atomic E-state index is -0.734. The van der Waals surface area contributed by atoms with Crippen LogP contribution in [0.4, 0.5) is 5.95 Å². The molecule has 1 saturated heterocycles. The van der Waals surface area contributed by atoms with Crippen LogP contribution in [-0.4, -0.2) is 65.6 Å². The lowest BCUT2D eigenvalue weighted by molar-refractivity contribution is -0.158. The van der Waals surface area contributed by atoms with E-state index in [2.05, 4.69) is 9.97 Å². The maximum Gasteiger partial charge on any atom is 0.347 e. The van der Waals surface area contributed by atoms with E-state index >= 15 is 0 Å². The Labute approximate surface area is 164 Å². The molecule has 2 heterocycles. The summed E-state index contributed by atoms with van der Waals surface area (Å²) >= 11 is 0. The van der Waals surface area contributed by atoms with E-state index in [4.69, 9.17) is 9.47 Å². The third kappa shape index (κ3) is 5.18. The Hall–Kier alpha value is -3.16. The van der Waals surface area contributed by atoms with Crippen molar-refractivity contribution in [2.24, 2.45) is 0 Å². The lowest BCUT2D eigenvalue weighted by Crippen LogP contribution is -2.50. The fourth-order valence-electron chi connectivity index (χ4n) is 2.89. The number of esters is 1. The van der Waals surface area contributed by atoms with Gasteiger partial charge in [0.2, 0.25) is 5.95 Å². The maximum atomic E-state index is 12.4. The Morgan fingerprint density at radius 3 is 2.36 bits per heavy atom. The summed E-state index contributed by atoms with van der Waals surface area (Å²) in [6.45, 7) is 3.90. The molecule has 1 aromatic heterocycles. The predicted molar refractivity (Wildman–Crippen MR) is 103 cm³/mol. The Morgan fingerprint density at radius 1 is 1.04 bits per heavy atom. The van der Waals surface area contributed by atoms with Crippen LogP contribution in [0.5, 0.6) is 5.75 Å². The van der Waals surface area contributed by atoms with Gasteiger partial charge in [-0.05, 0) is 24.6 Å². The molecule has 0 N–H and O–H groups in total. The van der Waals surface area contributed by atoms with Crippen molar-refractivity contribution in [3.05, 3.63) is 48.8 Å². The number of carbonyl (C=O) groups excluding carboxylic acids is 2. The molecule has 1 fully saturated rings. The normalized spacial score (nSPS) is 15.0. The van der Waals surface area contributed by atoms with Gasteiger partial charge in [0.1, 0.15) is 5.75 Å². The number of piperazine rings is 1. The van der Waals surface area contributed by atoms with Crippen molar-refractivity contribution < 1.29 is 19.1 Å². The van der Waals surface area contributed by atoms with Crippen molar-refractivity contribution in [2.75, 3.05) is 37.7 Å². The van der Waals surface area contributed by atoms with Gasteiger partial charge in [-0.3, -0.25) is 4.79 Å². The van der Waals surface area contributed by atoms with E-state index < -0.39 is 12.1 Å². The number of para-hydroxylation sites is 1. The summed E-state index contributed by atoms with van der Waals surface area (Å²) in [5.74, 6) is 0.509. The van der Waals surface area contributed by atoms with Crippen LogP contribution < -0.4 is 9.64 Å². The molecule has 3 rings (SSSR count). The molecule has 2 aromatic rings. The Morgan fingerprint density at radius 2 is 1.71 bits per heavy atom. The number of ether oxygens (including phenoxy) is 2. The molecule has 0 bridgehead atoms. The van der Waals surface area contributed by atoms with Crippen molar-refractivity contribution in [1.29, 1.82) is 0 Å². The minimum absolute atomic E-state index is 0.212. The van der Waals surface area contributed by atoms with Gasteiger partial charge in [0.25, 0.3) is 5.91 Å². The average molecular weight is 384 g/mol. The molecule has 0 unspecified atom stereocenters. The topological polar surface area (TPSA) is 84.9 Å². The fraction of sp³-hybridized carbons (Fsp3) is 0.400. The van der Waals surface area contributed by atoms with Gasteiger partial charge in [-0.2, -0.15) is 0 Å². The Balaban J connectivity index is 1.44. The largest absolute Gasteiger partial charge is 0.479 e. The predicted octanol–water partition coefficient (Wildman–Crippen LogP) is 1.53. The standard InChI is InChI=1S/C20H24N4O4/c1-2-17(28-16-7-4-3-5-8-16)19(26)27-15-18(25)23-11-13-24(14-12-23)20-21-9-6-10-22-20/h3-10,17H,2,11-15H2,1H3/t17-/m0/s1. The molecule has 0 saturated carbocycles. The molecule has 8 heteroatoms. The van der Waals surface area contributed by atoms with Gasteiger partial charge in [0.05, 0.1) is 0 Å². The zero-order chi connectivity index (χ0) is 19.8. The molecule has 8 nitrogen and oxygen atoms in total. The molecule has 1 aliphatic rings. The number of benzene rings is 1. The van der Waals surface area contributed by atoms with Crippen LogP contribution in [-0.2, 0) is 14.3 Å². The molecule has 148 valence electrons. The van der Waals surface area contributed by atoms with E-state index in [1.54, 1.807) is 35.5 Å². The summed E-state index contributed by atoms with van der Waals surface area (Å²) in [5.41, 5.74) is 0. The second-order valence-corrected chi connectivity index (χ2v) is 6.35. The lowest BCUT2D eigenvalue weighted by Gasteiger charge is -2.34. The Kier molecular flexibility index (Phi) is 6.78. The highest BCUT2D eigenvalue weighted by molar-refractivity contribution is 5.82. The number of hydrogen-bond acceptors (Lipinski definition) is 7. The van der Waals surface area contributed by atoms with Crippen molar-refractivity contribution in [1.82, 2.24) is 14.9 Å². The molecule has 0 radical (unpaired) electrons. The quantitative estimate of drug-likeness (QED) is 0.669. The molecule has 1 atom stereocenters. The first kappa shape index (κ1) is 19.6. The third-order valence-corrected chi connectivity index (χ3v) is 4.46. The smallest absolute Gasteiger partial charge is 0.347 e. The summed E-state index contributed by atoms with van der Waals surface area (Å²) in [5, 5.41) is 0. The summed E-state index contributed by atoms with van der Waals surface area (Å²) < 4.78 is 10.8. The first-order chi connectivity index (χ1) is 13.7. The van der Waals surface area contributed by atoms with E-state index in [-0.39, 0.29) is 12.5 Å². The van der Waals surface area contributed by atoms with E-state index in [1.165, 1.54) is 0 Å². The maximum absolute atomic E-state index is 12.4. The van der Waals surface area contributed by atoms with Crippen molar-refractivity contribution >= 4 is 17.8 Å². The van der Waals surface area contributed by atoms with Gasteiger partial charge < -0.3 is 19.3 Å². The van der Waals surface area contributed by atoms with Gasteiger partial charge in [-0.1, -0.05) is 25.1 Å². The van der Waals surface area contributed by atoms with Gasteiger partial charge in [-0.15, -0.1) is 0 Å². The molecule has 1 aromatic carbocycles. The van der Waals surface area contributed by atoms with Crippen LogP contribution in [0.3, 0.4) is 0 Å². The first-order valence-electron chi connectivity index (χ1n) is 9.35. The molecule has 0 spiro atoms. The summed E-state index contributed by atoms with van der Waals surface area (Å²) in [6.07, 6.45) is 3.11. The van der Waals surface area contributed by atoms with E-state index in [0.29, 0.717) is 44.3 Å². The summed E-state index contributed by atoms with van der Waals surface area (Å²) in [7, 11) is 0. The molecule has 0 aliphatic carbocycles. The van der Waals surface area contributed by atoms with Crippen LogP contribution in [0.2, 0.25) is 0 Å². The van der Waals surface area contributed by atoms with Gasteiger partial charge in [0, 0.05) is 38.6 Å². The van der Waals surface area contributed by atoms with Crippen LogP contribution >= 0.6 is 0 Å². The molecular weight excluding hydrogens is 360 g/mol. The lowest BCUT2D eigenvalue weighted by atomic mass is 10.2.